The van der Waals surface area contributed by atoms with E-state index in [4.69, 9.17) is 5.73 Å². The first kappa shape index (κ1) is 23.2. The molecule has 3 N–H and O–H groups in total. The molecular formula is C22H31N7O3. The molecule has 0 saturated heterocycles. The molecule has 3 aromatic rings. The third kappa shape index (κ3) is 4.44. The van der Waals surface area contributed by atoms with E-state index in [1.807, 2.05) is 40.7 Å². The van der Waals surface area contributed by atoms with Crippen molar-refractivity contribution in [2.75, 3.05) is 17.2 Å². The van der Waals surface area contributed by atoms with E-state index in [1.165, 1.54) is 15.7 Å². The number of aryl methyl sites for hydroxylation is 2. The summed E-state index contributed by atoms with van der Waals surface area (Å²) in [6.45, 7) is 10.4. The second kappa shape index (κ2) is 9.37. The molecule has 0 atom stereocenters. The summed E-state index contributed by atoms with van der Waals surface area (Å²) in [5.74, 6) is -0.166. The molecule has 32 heavy (non-hydrogen) atoms. The van der Waals surface area contributed by atoms with Crippen LogP contribution in [-0.2, 0) is 6.54 Å². The van der Waals surface area contributed by atoms with Crippen molar-refractivity contribution in [1.82, 2.24) is 24.1 Å². The minimum atomic E-state index is -0.686. The molecule has 0 radical (unpaired) electrons. The summed E-state index contributed by atoms with van der Waals surface area (Å²) < 4.78 is 2.91. The zero-order chi connectivity index (χ0) is 23.6. The second-order valence-electron chi connectivity index (χ2n) is 8.47. The zero-order valence-electron chi connectivity index (χ0n) is 19.3. The number of aromatic nitrogens is 5. The number of carbonyl (C=O) groups is 1. The number of carbonyl (C=O) groups excluding carboxylic acids is 1. The van der Waals surface area contributed by atoms with Crippen LogP contribution in [-0.4, -0.2) is 36.6 Å². The number of aromatic amines is 1. The molecule has 10 heteroatoms. The van der Waals surface area contributed by atoms with Gasteiger partial charge in [0.1, 0.15) is 11.4 Å². The van der Waals surface area contributed by atoms with Gasteiger partial charge in [0.25, 0.3) is 11.5 Å². The number of rotatable bonds is 8. The van der Waals surface area contributed by atoms with Crippen LogP contribution in [0.15, 0.2) is 21.9 Å². The number of hydrogen-bond donors (Lipinski definition) is 2. The first-order chi connectivity index (χ1) is 15.1. The molecule has 0 saturated carbocycles. The molecule has 3 heterocycles. The molecule has 0 aliphatic carbocycles. The van der Waals surface area contributed by atoms with E-state index in [9.17, 15) is 14.4 Å². The summed E-state index contributed by atoms with van der Waals surface area (Å²) in [7, 11) is 0. The Balaban J connectivity index is 2.18. The summed E-state index contributed by atoms with van der Waals surface area (Å²) in [5.41, 5.74) is 7.29. The largest absolute Gasteiger partial charge is 0.383 e. The van der Waals surface area contributed by atoms with Crippen molar-refractivity contribution < 1.29 is 4.79 Å². The number of fused-ring (bicyclic) bond motifs is 1. The van der Waals surface area contributed by atoms with Gasteiger partial charge in [0.2, 0.25) is 0 Å². The van der Waals surface area contributed by atoms with Crippen LogP contribution in [0.5, 0.6) is 0 Å². The summed E-state index contributed by atoms with van der Waals surface area (Å²) in [6, 6.07) is 1.87. The second-order valence-corrected chi connectivity index (χ2v) is 8.47. The number of H-pyrrole nitrogens is 1. The van der Waals surface area contributed by atoms with Gasteiger partial charge in [0.15, 0.2) is 11.3 Å². The third-order valence-corrected chi connectivity index (χ3v) is 5.40. The summed E-state index contributed by atoms with van der Waals surface area (Å²) in [5, 5.41) is 4.30. The summed E-state index contributed by atoms with van der Waals surface area (Å²) in [6.07, 6.45) is 3.66. The van der Waals surface area contributed by atoms with E-state index < -0.39 is 17.2 Å². The maximum Gasteiger partial charge on any atom is 0.330 e. The summed E-state index contributed by atoms with van der Waals surface area (Å²) >= 11 is 0. The maximum absolute atomic E-state index is 13.7. The van der Waals surface area contributed by atoms with Crippen molar-refractivity contribution in [2.45, 2.75) is 60.4 Å². The molecule has 3 aromatic heterocycles. The Morgan fingerprint density at radius 1 is 1.28 bits per heavy atom. The molecular weight excluding hydrogens is 410 g/mol. The van der Waals surface area contributed by atoms with Crippen LogP contribution in [0.25, 0.3) is 5.65 Å². The Morgan fingerprint density at radius 2 is 2.00 bits per heavy atom. The lowest BCUT2D eigenvalue weighted by atomic mass is 10.1. The van der Waals surface area contributed by atoms with Gasteiger partial charge >= 0.3 is 5.69 Å². The third-order valence-electron chi connectivity index (χ3n) is 5.40. The first-order valence-corrected chi connectivity index (χ1v) is 10.9. The number of nitrogens with one attached hydrogen (secondary N) is 1. The van der Waals surface area contributed by atoms with Crippen LogP contribution in [0.4, 0.5) is 11.5 Å². The highest BCUT2D eigenvalue weighted by Gasteiger charge is 2.28. The normalized spacial score (nSPS) is 11.4. The van der Waals surface area contributed by atoms with Gasteiger partial charge in [-0.05, 0) is 38.7 Å². The highest BCUT2D eigenvalue weighted by atomic mass is 16.2. The van der Waals surface area contributed by atoms with E-state index in [0.717, 1.165) is 17.8 Å². The van der Waals surface area contributed by atoms with Gasteiger partial charge in [0, 0.05) is 24.5 Å². The Kier molecular flexibility index (Phi) is 6.81. The molecule has 0 aromatic carbocycles. The fourth-order valence-corrected chi connectivity index (χ4v) is 3.65. The van der Waals surface area contributed by atoms with Gasteiger partial charge in [-0.3, -0.25) is 19.1 Å². The van der Waals surface area contributed by atoms with Gasteiger partial charge in [-0.2, -0.15) is 5.10 Å². The highest BCUT2D eigenvalue weighted by Crippen LogP contribution is 2.23. The molecule has 172 valence electrons. The maximum atomic E-state index is 13.7. The fraction of sp³-hybridized carbons (Fsp3) is 0.500. The van der Waals surface area contributed by atoms with Crippen molar-refractivity contribution in [3.05, 3.63) is 50.1 Å². The number of nitrogens with zero attached hydrogens (tertiary/aromatic N) is 5. The lowest BCUT2D eigenvalue weighted by molar-refractivity contribution is 0.0987. The van der Waals surface area contributed by atoms with Crippen LogP contribution in [0.1, 0.15) is 61.8 Å². The molecule has 10 nitrogen and oxygen atoms in total. The number of unbranched alkanes of at least 4 members (excludes halogenated alkanes) is 1. The lowest BCUT2D eigenvalue weighted by Crippen LogP contribution is -2.42. The Morgan fingerprint density at radius 3 is 2.66 bits per heavy atom. The van der Waals surface area contributed by atoms with Crippen LogP contribution in [0.2, 0.25) is 0 Å². The highest BCUT2D eigenvalue weighted by molar-refractivity contribution is 6.10. The number of nitrogen functional groups attached to an aromatic ring is 1. The molecule has 1 amide bonds. The van der Waals surface area contributed by atoms with Crippen LogP contribution in [0, 0.1) is 19.8 Å². The van der Waals surface area contributed by atoms with Crippen molar-refractivity contribution in [1.29, 1.82) is 0 Å². The van der Waals surface area contributed by atoms with Crippen LogP contribution in [0.3, 0.4) is 0 Å². The van der Waals surface area contributed by atoms with E-state index >= 15 is 0 Å². The number of nitrogens with two attached hydrogens (primary N) is 1. The fourth-order valence-electron chi connectivity index (χ4n) is 3.65. The average Bonchev–Trinajstić information content (AvgIpc) is 3.13. The Bertz CT molecular complexity index is 1250. The van der Waals surface area contributed by atoms with Gasteiger partial charge in [0.05, 0.1) is 6.20 Å². The Labute approximate surface area is 186 Å². The predicted octanol–water partition coefficient (Wildman–Crippen LogP) is 2.27. The molecule has 0 aliphatic rings. The Hall–Kier alpha value is -3.43. The molecule has 0 spiro atoms. The quantitative estimate of drug-likeness (QED) is 0.551. The lowest BCUT2D eigenvalue weighted by Gasteiger charge is -2.25. The zero-order valence-corrected chi connectivity index (χ0v) is 19.3. The molecule has 0 aliphatic heterocycles. The van der Waals surface area contributed by atoms with Crippen LogP contribution >= 0.6 is 0 Å². The minimum Gasteiger partial charge on any atom is -0.383 e. The first-order valence-electron chi connectivity index (χ1n) is 10.9. The minimum absolute atomic E-state index is 0.0129. The number of amides is 1. The molecule has 0 fully saturated rings. The topological polar surface area (TPSA) is 131 Å². The van der Waals surface area contributed by atoms with Crippen molar-refractivity contribution in [3.63, 3.8) is 0 Å². The van der Waals surface area contributed by atoms with Crippen molar-refractivity contribution in [2.24, 2.45) is 5.92 Å². The van der Waals surface area contributed by atoms with Crippen molar-refractivity contribution in [3.8, 4) is 0 Å². The van der Waals surface area contributed by atoms with Gasteiger partial charge in [-0.1, -0.05) is 27.2 Å². The number of hydrogen-bond acceptors (Lipinski definition) is 6. The molecule has 0 unspecified atom stereocenters. The van der Waals surface area contributed by atoms with E-state index in [1.54, 1.807) is 4.52 Å². The smallest absolute Gasteiger partial charge is 0.330 e. The van der Waals surface area contributed by atoms with E-state index in [-0.39, 0.29) is 29.5 Å². The summed E-state index contributed by atoms with van der Waals surface area (Å²) in [4.78, 5) is 47.1. The van der Waals surface area contributed by atoms with Gasteiger partial charge in [-0.25, -0.2) is 14.3 Å². The number of anilines is 2. The standard InChI is InChI=1S/C22H31N7O3/c1-6-7-9-28-18(23)17(20(30)26-22(28)32)27(10-8-13(2)3)21(31)16-12-24-29-15(5)11-14(4)25-19(16)29/h11-13H,6-10,23H2,1-5H3,(H,26,30,32). The van der Waals surface area contributed by atoms with Gasteiger partial charge < -0.3 is 10.6 Å². The van der Waals surface area contributed by atoms with Crippen molar-refractivity contribution >= 4 is 23.1 Å². The molecule has 3 rings (SSSR count). The predicted molar refractivity (Wildman–Crippen MR) is 124 cm³/mol. The molecule has 0 bridgehead atoms. The van der Waals surface area contributed by atoms with Crippen LogP contribution < -0.4 is 21.9 Å². The van der Waals surface area contributed by atoms with E-state index in [2.05, 4.69) is 15.1 Å². The average molecular weight is 442 g/mol. The monoisotopic (exact) mass is 441 g/mol. The SMILES string of the molecule is CCCCn1c(N)c(N(CCC(C)C)C(=O)c2cnn3c(C)cc(C)nc23)c(=O)[nH]c1=O. The van der Waals surface area contributed by atoms with E-state index in [0.29, 0.717) is 25.0 Å². The van der Waals surface area contributed by atoms with Gasteiger partial charge in [-0.15, -0.1) is 0 Å².